The highest BCUT2D eigenvalue weighted by atomic mass is 127. The monoisotopic (exact) mass is 461 g/mol. The summed E-state index contributed by atoms with van der Waals surface area (Å²) in [5.74, 6) is -2.89. The van der Waals surface area contributed by atoms with E-state index >= 15 is 0 Å². The van der Waals surface area contributed by atoms with Crippen LogP contribution in [0, 0.1) is 3.57 Å². The molecule has 3 rings (SSSR count). The topological polar surface area (TPSA) is 78.1 Å². The SMILES string of the molecule is O=C(Oc1ncccc1-c1nnc(-c2ccccc2I)o1)C(F)(F)F. The van der Waals surface area contributed by atoms with Crippen LogP contribution >= 0.6 is 22.6 Å². The summed E-state index contributed by atoms with van der Waals surface area (Å²) < 4.78 is 47.8. The lowest BCUT2D eigenvalue weighted by atomic mass is 10.2. The molecule has 128 valence electrons. The van der Waals surface area contributed by atoms with Gasteiger partial charge in [-0.3, -0.25) is 0 Å². The van der Waals surface area contributed by atoms with Crippen LogP contribution in [0.15, 0.2) is 47.0 Å². The number of esters is 1. The van der Waals surface area contributed by atoms with Crippen LogP contribution < -0.4 is 4.74 Å². The summed E-state index contributed by atoms with van der Waals surface area (Å²) in [7, 11) is 0. The Morgan fingerprint density at radius 3 is 2.36 bits per heavy atom. The Hall–Kier alpha value is -2.50. The minimum atomic E-state index is -5.14. The van der Waals surface area contributed by atoms with Gasteiger partial charge in [-0.2, -0.15) is 13.2 Å². The van der Waals surface area contributed by atoms with Crippen molar-refractivity contribution in [2.75, 3.05) is 0 Å². The number of halogens is 4. The summed E-state index contributed by atoms with van der Waals surface area (Å²) in [5, 5.41) is 7.68. The van der Waals surface area contributed by atoms with Crippen LogP contribution in [-0.2, 0) is 4.79 Å². The highest BCUT2D eigenvalue weighted by molar-refractivity contribution is 14.1. The number of pyridine rings is 1. The van der Waals surface area contributed by atoms with Gasteiger partial charge in [0.25, 0.3) is 5.89 Å². The molecule has 25 heavy (non-hydrogen) atoms. The van der Waals surface area contributed by atoms with Crippen molar-refractivity contribution in [3.8, 4) is 28.8 Å². The van der Waals surface area contributed by atoms with E-state index in [1.54, 1.807) is 12.1 Å². The Bertz CT molecular complexity index is 927. The molecule has 0 unspecified atom stereocenters. The summed E-state index contributed by atoms with van der Waals surface area (Å²) >= 11 is 2.08. The van der Waals surface area contributed by atoms with E-state index in [2.05, 4.69) is 42.5 Å². The van der Waals surface area contributed by atoms with Gasteiger partial charge in [0, 0.05) is 9.77 Å². The van der Waals surface area contributed by atoms with Crippen LogP contribution in [0.2, 0.25) is 0 Å². The summed E-state index contributed by atoms with van der Waals surface area (Å²) in [6.07, 6.45) is -3.96. The van der Waals surface area contributed by atoms with Crippen molar-refractivity contribution in [1.82, 2.24) is 15.2 Å². The molecule has 2 aromatic heterocycles. The molecule has 10 heteroatoms. The second kappa shape index (κ2) is 6.78. The van der Waals surface area contributed by atoms with E-state index in [-0.39, 0.29) is 17.3 Å². The van der Waals surface area contributed by atoms with Crippen molar-refractivity contribution in [1.29, 1.82) is 0 Å². The maximum Gasteiger partial charge on any atom is 0.491 e. The van der Waals surface area contributed by atoms with Crippen LogP contribution in [0.3, 0.4) is 0 Å². The van der Waals surface area contributed by atoms with Gasteiger partial charge in [0.2, 0.25) is 11.8 Å². The van der Waals surface area contributed by atoms with Crippen molar-refractivity contribution < 1.29 is 27.1 Å². The summed E-state index contributed by atoms with van der Waals surface area (Å²) in [5.41, 5.74) is 0.643. The predicted octanol–water partition coefficient (Wildman–Crippen LogP) is 3.87. The number of carbonyl (C=O) groups is 1. The van der Waals surface area contributed by atoms with Gasteiger partial charge in [-0.15, -0.1) is 10.2 Å². The average Bonchev–Trinajstić information content (AvgIpc) is 3.04. The molecule has 0 saturated heterocycles. The first kappa shape index (κ1) is 17.3. The number of rotatable bonds is 3. The normalized spacial score (nSPS) is 11.4. The van der Waals surface area contributed by atoms with Crippen molar-refractivity contribution in [3.05, 3.63) is 46.2 Å². The first-order chi connectivity index (χ1) is 11.9. The van der Waals surface area contributed by atoms with Crippen LogP contribution in [0.5, 0.6) is 5.88 Å². The Morgan fingerprint density at radius 2 is 1.68 bits per heavy atom. The number of alkyl halides is 3. The van der Waals surface area contributed by atoms with Crippen molar-refractivity contribution in [2.45, 2.75) is 6.18 Å². The minimum absolute atomic E-state index is 0.0233. The minimum Gasteiger partial charge on any atom is -0.416 e. The standard InChI is InChI=1S/C15H7F3IN3O3/c16-15(17,18)14(23)25-11-9(5-3-7-20-11)13-22-21-12(24-13)8-4-1-2-6-10(8)19/h1-7H. The quantitative estimate of drug-likeness (QED) is 0.436. The molecule has 1 aromatic carbocycles. The number of benzene rings is 1. The van der Waals surface area contributed by atoms with E-state index < -0.39 is 18.0 Å². The first-order valence-corrected chi connectivity index (χ1v) is 7.77. The van der Waals surface area contributed by atoms with Gasteiger partial charge in [-0.1, -0.05) is 12.1 Å². The number of nitrogens with zero attached hydrogens (tertiary/aromatic N) is 3. The summed E-state index contributed by atoms with van der Waals surface area (Å²) in [6.45, 7) is 0. The van der Waals surface area contributed by atoms with Crippen molar-refractivity contribution in [2.24, 2.45) is 0 Å². The van der Waals surface area contributed by atoms with E-state index in [0.29, 0.717) is 5.56 Å². The molecule has 0 aliphatic rings. The molecule has 3 aromatic rings. The number of hydrogen-bond donors (Lipinski definition) is 0. The highest BCUT2D eigenvalue weighted by Crippen LogP contribution is 2.31. The van der Waals surface area contributed by atoms with Crippen LogP contribution in [0.4, 0.5) is 13.2 Å². The largest absolute Gasteiger partial charge is 0.491 e. The molecule has 0 bridgehead atoms. The van der Waals surface area contributed by atoms with Crippen LogP contribution in [0.1, 0.15) is 0 Å². The lowest BCUT2D eigenvalue weighted by Gasteiger charge is -2.07. The van der Waals surface area contributed by atoms with Gasteiger partial charge >= 0.3 is 12.1 Å². The molecular weight excluding hydrogens is 454 g/mol. The number of carbonyl (C=O) groups excluding carboxylic acids is 1. The molecule has 0 amide bonds. The molecule has 0 atom stereocenters. The van der Waals surface area contributed by atoms with Crippen molar-refractivity contribution in [3.63, 3.8) is 0 Å². The molecule has 6 nitrogen and oxygen atoms in total. The van der Waals surface area contributed by atoms with E-state index in [4.69, 9.17) is 4.42 Å². The molecule has 0 saturated carbocycles. The zero-order valence-corrected chi connectivity index (χ0v) is 14.3. The predicted molar refractivity (Wildman–Crippen MR) is 87.4 cm³/mol. The Kier molecular flexibility index (Phi) is 4.70. The third-order valence-corrected chi connectivity index (χ3v) is 3.89. The van der Waals surface area contributed by atoms with Gasteiger partial charge in [-0.25, -0.2) is 9.78 Å². The third-order valence-electron chi connectivity index (χ3n) is 2.95. The maximum absolute atomic E-state index is 12.4. The van der Waals surface area contributed by atoms with Gasteiger partial charge in [0.15, 0.2) is 0 Å². The smallest absolute Gasteiger partial charge is 0.416 e. The zero-order chi connectivity index (χ0) is 18.0. The van der Waals surface area contributed by atoms with E-state index in [9.17, 15) is 18.0 Å². The molecule has 0 aliphatic heterocycles. The Labute approximate surface area is 152 Å². The lowest BCUT2D eigenvalue weighted by Crippen LogP contribution is -2.28. The Morgan fingerprint density at radius 1 is 1.04 bits per heavy atom. The number of aromatic nitrogens is 3. The average molecular weight is 461 g/mol. The number of ether oxygens (including phenoxy) is 1. The highest BCUT2D eigenvalue weighted by Gasteiger charge is 2.42. The van der Waals surface area contributed by atoms with Crippen LogP contribution in [-0.4, -0.2) is 27.3 Å². The second-order valence-corrected chi connectivity index (χ2v) is 5.80. The zero-order valence-electron chi connectivity index (χ0n) is 12.1. The number of hydrogen-bond acceptors (Lipinski definition) is 6. The first-order valence-electron chi connectivity index (χ1n) is 6.69. The summed E-state index contributed by atoms with van der Waals surface area (Å²) in [6, 6.07) is 10.0. The molecule has 0 fully saturated rings. The fraction of sp³-hybridized carbons (Fsp3) is 0.0667. The van der Waals surface area contributed by atoms with E-state index in [0.717, 1.165) is 3.57 Å². The van der Waals surface area contributed by atoms with Gasteiger partial charge in [0.05, 0.1) is 5.56 Å². The molecule has 0 spiro atoms. The molecule has 0 aliphatic carbocycles. The molecular formula is C15H7F3IN3O3. The fourth-order valence-corrected chi connectivity index (χ4v) is 2.47. The molecule has 2 heterocycles. The van der Waals surface area contributed by atoms with Crippen LogP contribution in [0.25, 0.3) is 22.9 Å². The molecule has 0 N–H and O–H groups in total. The van der Waals surface area contributed by atoms with Gasteiger partial charge in [-0.05, 0) is 46.9 Å². The third kappa shape index (κ3) is 3.78. The van der Waals surface area contributed by atoms with Crippen molar-refractivity contribution >= 4 is 28.6 Å². The molecule has 0 radical (unpaired) electrons. The van der Waals surface area contributed by atoms with Gasteiger partial charge < -0.3 is 9.15 Å². The summed E-state index contributed by atoms with van der Waals surface area (Å²) in [4.78, 5) is 14.7. The lowest BCUT2D eigenvalue weighted by molar-refractivity contribution is -0.189. The fourth-order valence-electron chi connectivity index (χ4n) is 1.86. The Balaban J connectivity index is 1.96. The van der Waals surface area contributed by atoms with Gasteiger partial charge in [0.1, 0.15) is 5.56 Å². The second-order valence-electron chi connectivity index (χ2n) is 4.64. The van der Waals surface area contributed by atoms with E-state index in [1.807, 2.05) is 12.1 Å². The maximum atomic E-state index is 12.4. The van der Waals surface area contributed by atoms with E-state index in [1.165, 1.54) is 18.3 Å².